The minimum Gasteiger partial charge on any atom is -0.377 e. The quantitative estimate of drug-likeness (QED) is 0.353. The first-order chi connectivity index (χ1) is 12.0. The number of aliphatic imine (C=N–C) groups is 1. The van der Waals surface area contributed by atoms with Crippen molar-refractivity contribution in [1.29, 1.82) is 0 Å². The number of rotatable bonds is 8. The number of nitrogens with one attached hydrogen (secondary N) is 2. The average molecular weight is 471 g/mol. The fourth-order valence-electron chi connectivity index (χ4n) is 2.22. The highest BCUT2D eigenvalue weighted by molar-refractivity contribution is 14.0. The molecular weight excluding hydrogens is 441 g/mol. The molecule has 6 nitrogen and oxygen atoms in total. The minimum atomic E-state index is -0.231. The molecule has 0 saturated carbocycles. The Morgan fingerprint density at radius 1 is 1.19 bits per heavy atom. The van der Waals surface area contributed by atoms with Gasteiger partial charge in [-0.2, -0.15) is 0 Å². The molecule has 0 radical (unpaired) electrons. The van der Waals surface area contributed by atoms with Gasteiger partial charge in [-0.1, -0.05) is 24.3 Å². The van der Waals surface area contributed by atoms with E-state index in [2.05, 4.69) is 56.4 Å². The Morgan fingerprint density at radius 2 is 1.88 bits per heavy atom. The Labute approximate surface area is 173 Å². The largest absolute Gasteiger partial charge is 0.377 e. The maximum absolute atomic E-state index is 5.43. The van der Waals surface area contributed by atoms with Crippen LogP contribution in [0, 0.1) is 0 Å². The smallest absolute Gasteiger partial charge is 0.191 e. The minimum absolute atomic E-state index is 0. The molecule has 0 bridgehead atoms. The van der Waals surface area contributed by atoms with Crippen molar-refractivity contribution < 1.29 is 4.74 Å². The third kappa shape index (κ3) is 7.74. The second-order valence-electron chi connectivity index (χ2n) is 6.56. The summed E-state index contributed by atoms with van der Waals surface area (Å²) in [4.78, 5) is 8.72. The van der Waals surface area contributed by atoms with Gasteiger partial charge in [-0.15, -0.1) is 24.0 Å². The second kappa shape index (κ2) is 11.2. The zero-order valence-electron chi connectivity index (χ0n) is 16.0. The highest BCUT2D eigenvalue weighted by Crippen LogP contribution is 2.08. The summed E-state index contributed by atoms with van der Waals surface area (Å²) in [7, 11) is 1.72. The normalized spacial score (nSPS) is 11.8. The van der Waals surface area contributed by atoms with Gasteiger partial charge in [0.05, 0.1) is 18.5 Å². The summed E-state index contributed by atoms with van der Waals surface area (Å²) in [5.74, 6) is 0.801. The van der Waals surface area contributed by atoms with Crippen LogP contribution in [0.25, 0.3) is 0 Å². The highest BCUT2D eigenvalue weighted by atomic mass is 127. The van der Waals surface area contributed by atoms with Gasteiger partial charge in [-0.05, 0) is 31.9 Å². The van der Waals surface area contributed by atoms with Crippen LogP contribution in [0.1, 0.15) is 31.9 Å². The van der Waals surface area contributed by atoms with E-state index >= 15 is 0 Å². The van der Waals surface area contributed by atoms with E-state index in [1.807, 2.05) is 26.4 Å². The fraction of sp³-hybridized carbons (Fsp3) is 0.474. The number of benzene rings is 1. The molecule has 1 aromatic heterocycles. The standard InChI is InChI=1S/C19H29N5O.HI/c1-5-21-18(23-14-19(2,3)25-4)22-12-16-6-8-17(9-7-16)13-24-11-10-20-15-24;/h6-11,15H,5,12-14H2,1-4H3,(H2,21,22,23);1H. The SMILES string of the molecule is CCNC(=NCc1ccc(Cn2ccnc2)cc1)NCC(C)(C)OC.I. The topological polar surface area (TPSA) is 63.5 Å². The van der Waals surface area contributed by atoms with Crippen molar-refractivity contribution in [2.75, 3.05) is 20.2 Å². The van der Waals surface area contributed by atoms with Gasteiger partial charge in [-0.25, -0.2) is 9.98 Å². The van der Waals surface area contributed by atoms with Crippen molar-refractivity contribution in [3.63, 3.8) is 0 Å². The summed E-state index contributed by atoms with van der Waals surface area (Å²) < 4.78 is 7.49. The molecule has 0 fully saturated rings. The van der Waals surface area contributed by atoms with Crippen LogP contribution >= 0.6 is 24.0 Å². The van der Waals surface area contributed by atoms with E-state index in [0.29, 0.717) is 13.1 Å². The molecule has 0 aliphatic carbocycles. The lowest BCUT2D eigenvalue weighted by Crippen LogP contribution is -2.45. The van der Waals surface area contributed by atoms with Gasteiger partial charge in [0.25, 0.3) is 0 Å². The number of guanidine groups is 1. The maximum Gasteiger partial charge on any atom is 0.191 e. The molecule has 0 saturated heterocycles. The number of nitrogens with zero attached hydrogens (tertiary/aromatic N) is 3. The van der Waals surface area contributed by atoms with Gasteiger partial charge < -0.3 is 19.9 Å². The molecule has 1 aromatic carbocycles. The van der Waals surface area contributed by atoms with E-state index in [1.54, 1.807) is 13.3 Å². The summed E-state index contributed by atoms with van der Waals surface area (Å²) in [6.45, 7) is 9.13. The number of ether oxygens (including phenoxy) is 1. The zero-order chi connectivity index (χ0) is 18.1. The zero-order valence-corrected chi connectivity index (χ0v) is 18.4. The first kappa shape index (κ1) is 22.4. The van der Waals surface area contributed by atoms with Crippen LogP contribution in [0.2, 0.25) is 0 Å². The number of hydrogen-bond acceptors (Lipinski definition) is 3. The van der Waals surface area contributed by atoms with E-state index in [-0.39, 0.29) is 29.6 Å². The molecular formula is C19H30IN5O. The Balaban J connectivity index is 0.00000338. The van der Waals surface area contributed by atoms with Crippen molar-refractivity contribution >= 4 is 29.9 Å². The number of hydrogen-bond donors (Lipinski definition) is 2. The highest BCUT2D eigenvalue weighted by Gasteiger charge is 2.16. The Bertz CT molecular complexity index is 653. The molecule has 7 heteroatoms. The summed E-state index contributed by atoms with van der Waals surface area (Å²) in [5.41, 5.74) is 2.20. The molecule has 144 valence electrons. The molecule has 0 aliphatic rings. The van der Waals surface area contributed by atoms with Crippen LogP contribution in [0.4, 0.5) is 0 Å². The number of aromatic nitrogens is 2. The molecule has 0 unspecified atom stereocenters. The lowest BCUT2D eigenvalue weighted by Gasteiger charge is -2.24. The monoisotopic (exact) mass is 471 g/mol. The van der Waals surface area contributed by atoms with Crippen LogP contribution in [0.3, 0.4) is 0 Å². The first-order valence-electron chi connectivity index (χ1n) is 8.63. The van der Waals surface area contributed by atoms with E-state index in [0.717, 1.165) is 19.0 Å². The molecule has 0 spiro atoms. The molecule has 2 rings (SSSR count). The van der Waals surface area contributed by atoms with Crippen molar-refractivity contribution in [2.24, 2.45) is 4.99 Å². The van der Waals surface area contributed by atoms with E-state index in [4.69, 9.17) is 4.74 Å². The summed E-state index contributed by atoms with van der Waals surface area (Å²) in [6.07, 6.45) is 5.59. The lowest BCUT2D eigenvalue weighted by atomic mass is 10.1. The van der Waals surface area contributed by atoms with E-state index in [9.17, 15) is 0 Å². The molecule has 2 aromatic rings. The summed E-state index contributed by atoms with van der Waals surface area (Å²) >= 11 is 0. The summed E-state index contributed by atoms with van der Waals surface area (Å²) in [5, 5.41) is 6.59. The third-order valence-electron chi connectivity index (χ3n) is 3.95. The predicted molar refractivity (Wildman–Crippen MR) is 117 cm³/mol. The van der Waals surface area contributed by atoms with Crippen LogP contribution < -0.4 is 10.6 Å². The Kier molecular flexibility index (Phi) is 9.64. The van der Waals surface area contributed by atoms with E-state index in [1.165, 1.54) is 11.1 Å². The van der Waals surface area contributed by atoms with Crippen molar-refractivity contribution in [2.45, 2.75) is 39.5 Å². The molecule has 2 N–H and O–H groups in total. The second-order valence-corrected chi connectivity index (χ2v) is 6.56. The van der Waals surface area contributed by atoms with Gasteiger partial charge in [0.2, 0.25) is 0 Å². The Morgan fingerprint density at radius 3 is 2.46 bits per heavy atom. The first-order valence-corrected chi connectivity index (χ1v) is 8.63. The van der Waals surface area contributed by atoms with Crippen LogP contribution in [-0.2, 0) is 17.8 Å². The Hall–Kier alpha value is -1.61. The molecule has 26 heavy (non-hydrogen) atoms. The molecule has 0 amide bonds. The van der Waals surface area contributed by atoms with Crippen LogP contribution in [-0.4, -0.2) is 41.3 Å². The molecule has 1 heterocycles. The van der Waals surface area contributed by atoms with Gasteiger partial charge >= 0.3 is 0 Å². The number of imidazole rings is 1. The molecule has 0 aliphatic heterocycles. The van der Waals surface area contributed by atoms with Crippen LogP contribution in [0.5, 0.6) is 0 Å². The van der Waals surface area contributed by atoms with Crippen LogP contribution in [0.15, 0.2) is 48.0 Å². The fourth-order valence-corrected chi connectivity index (χ4v) is 2.22. The average Bonchev–Trinajstić information content (AvgIpc) is 3.12. The van der Waals surface area contributed by atoms with Crippen molar-refractivity contribution in [3.8, 4) is 0 Å². The van der Waals surface area contributed by atoms with Gasteiger partial charge in [0.15, 0.2) is 5.96 Å². The maximum atomic E-state index is 5.43. The van der Waals surface area contributed by atoms with Gasteiger partial charge in [0, 0.05) is 39.1 Å². The van der Waals surface area contributed by atoms with Crippen molar-refractivity contribution in [1.82, 2.24) is 20.2 Å². The summed E-state index contributed by atoms with van der Waals surface area (Å²) in [6, 6.07) is 8.52. The third-order valence-corrected chi connectivity index (χ3v) is 3.95. The van der Waals surface area contributed by atoms with Crippen molar-refractivity contribution in [3.05, 3.63) is 54.1 Å². The predicted octanol–water partition coefficient (Wildman–Crippen LogP) is 3.03. The number of halogens is 1. The number of methoxy groups -OCH3 is 1. The van der Waals surface area contributed by atoms with Gasteiger partial charge in [0.1, 0.15) is 0 Å². The lowest BCUT2D eigenvalue weighted by molar-refractivity contribution is 0.0268. The molecule has 0 atom stereocenters. The van der Waals surface area contributed by atoms with E-state index < -0.39 is 0 Å². The van der Waals surface area contributed by atoms with Gasteiger partial charge in [-0.3, -0.25) is 0 Å².